The van der Waals surface area contributed by atoms with Gasteiger partial charge in [0.1, 0.15) is 35.6 Å². The monoisotopic (exact) mass is 812 g/mol. The van der Waals surface area contributed by atoms with Crippen molar-refractivity contribution in [3.05, 3.63) is 124 Å². The fourth-order valence-electron chi connectivity index (χ4n) is 8.27. The summed E-state index contributed by atoms with van der Waals surface area (Å²) in [7, 11) is -3.68. The van der Waals surface area contributed by atoms with Crippen LogP contribution in [0.3, 0.4) is 0 Å². The van der Waals surface area contributed by atoms with Crippen LogP contribution in [0.1, 0.15) is 111 Å². The summed E-state index contributed by atoms with van der Waals surface area (Å²) in [6, 6.07) is 17.2. The normalized spacial score (nSPS) is 18.9. The lowest BCUT2D eigenvalue weighted by Gasteiger charge is -2.41. The highest BCUT2D eigenvalue weighted by molar-refractivity contribution is 6.54. The van der Waals surface area contributed by atoms with E-state index in [1.165, 1.54) is 24.3 Å². The molecule has 1 atom stereocenters. The molecule has 0 bridgehead atoms. The first kappa shape index (κ1) is 41.9. The first-order valence-corrected chi connectivity index (χ1v) is 21.6. The number of benzene rings is 4. The van der Waals surface area contributed by atoms with Gasteiger partial charge in [-0.25, -0.2) is 13.2 Å². The molecule has 0 spiro atoms. The second kappa shape index (κ2) is 14.8. The largest absolute Gasteiger partial charge is 0.681 e. The fraction of sp³-hybridized carbons (Fsp3) is 0.417. The second-order valence-corrected chi connectivity index (χ2v) is 20.7. The van der Waals surface area contributed by atoms with Crippen LogP contribution < -0.4 is 9.47 Å². The van der Waals surface area contributed by atoms with Gasteiger partial charge in [0.2, 0.25) is 0 Å². The van der Waals surface area contributed by atoms with Gasteiger partial charge in [0, 0.05) is 28.3 Å². The van der Waals surface area contributed by atoms with Gasteiger partial charge >= 0.3 is 9.05 Å². The van der Waals surface area contributed by atoms with Gasteiger partial charge < -0.3 is 27.2 Å². The Morgan fingerprint density at radius 3 is 1.93 bits per heavy atom. The summed E-state index contributed by atoms with van der Waals surface area (Å²) in [4.78, 5) is 0. The van der Waals surface area contributed by atoms with Crippen LogP contribution in [0.5, 0.6) is 11.5 Å². The third-order valence-corrected chi connectivity index (χ3v) is 13.5. The Morgan fingerprint density at radius 2 is 1.33 bits per heavy atom. The smallest absolute Gasteiger partial charge is 0.491 e. The van der Waals surface area contributed by atoms with Crippen molar-refractivity contribution in [1.82, 2.24) is 0 Å². The van der Waals surface area contributed by atoms with Gasteiger partial charge in [-0.3, -0.25) is 0 Å². The molecule has 1 heterocycles. The van der Waals surface area contributed by atoms with Crippen LogP contribution in [-0.4, -0.2) is 39.1 Å². The van der Waals surface area contributed by atoms with E-state index in [0.717, 1.165) is 44.3 Å². The maximum absolute atomic E-state index is 15.2. The molecule has 58 heavy (non-hydrogen) atoms. The topological polar surface area (TPSA) is 55.4 Å². The second-order valence-electron chi connectivity index (χ2n) is 18.8. The highest BCUT2D eigenvalue weighted by Crippen LogP contribution is 2.58. The number of hydrogen-bond acceptors (Lipinski definition) is 6. The minimum absolute atomic E-state index is 0.147. The van der Waals surface area contributed by atoms with Gasteiger partial charge in [-0.2, -0.15) is 0 Å². The average Bonchev–Trinajstić information content (AvgIpc) is 3.34. The molecule has 0 saturated carbocycles. The van der Waals surface area contributed by atoms with Gasteiger partial charge in [0.05, 0.1) is 23.4 Å². The molecule has 4 aromatic rings. The van der Waals surface area contributed by atoms with E-state index >= 15 is 4.39 Å². The molecular weight excluding hydrogens is 758 g/mol. The first-order chi connectivity index (χ1) is 27.0. The van der Waals surface area contributed by atoms with Crippen molar-refractivity contribution in [3.63, 3.8) is 0 Å². The van der Waals surface area contributed by atoms with Gasteiger partial charge in [-0.15, -0.1) is 0 Å². The van der Waals surface area contributed by atoms with Gasteiger partial charge in [-0.05, 0) is 150 Å². The van der Waals surface area contributed by atoms with Gasteiger partial charge in [0.15, 0.2) is 5.60 Å². The molecule has 0 radical (unpaired) electrons. The van der Waals surface area contributed by atoms with E-state index in [1.54, 1.807) is 18.2 Å². The van der Waals surface area contributed by atoms with Crippen LogP contribution >= 0.6 is 0 Å². The minimum atomic E-state index is -3.68. The zero-order valence-electron chi connectivity index (χ0n) is 35.5. The van der Waals surface area contributed by atoms with Gasteiger partial charge in [0.25, 0.3) is 0 Å². The molecule has 0 fully saturated rings. The molecule has 10 heteroatoms. The van der Waals surface area contributed by atoms with Crippen molar-refractivity contribution in [3.8, 4) is 22.6 Å². The third kappa shape index (κ3) is 8.32. The molecule has 3 aliphatic rings. The SMILES string of the molecule is CC(C)(C)O[Si](OCCOc1ccc(C2(C3=CC=C(F)CC3)C=Cc3c4c(c5ccc(F)cc5c3O2)-c2ccc(F)cc2C4(C)C)cc1)(OC(C)(C)C)OC(C)(C)C. The lowest BCUT2D eigenvalue weighted by molar-refractivity contribution is -0.135. The lowest BCUT2D eigenvalue weighted by Crippen LogP contribution is -2.59. The summed E-state index contributed by atoms with van der Waals surface area (Å²) < 4.78 is 83.5. The molecule has 6 nitrogen and oxygen atoms in total. The predicted molar refractivity (Wildman–Crippen MR) is 225 cm³/mol. The highest BCUT2D eigenvalue weighted by Gasteiger charge is 2.54. The quantitative estimate of drug-likeness (QED) is 0.117. The molecule has 0 amide bonds. The zero-order chi connectivity index (χ0) is 42.1. The third-order valence-electron chi connectivity index (χ3n) is 10.3. The Bertz CT molecular complexity index is 2280. The van der Waals surface area contributed by atoms with Gasteiger partial charge in [-0.1, -0.05) is 50.3 Å². The van der Waals surface area contributed by atoms with Crippen molar-refractivity contribution in [2.45, 2.75) is 117 Å². The van der Waals surface area contributed by atoms with Crippen LogP contribution in [0.25, 0.3) is 28.0 Å². The van der Waals surface area contributed by atoms with E-state index in [4.69, 9.17) is 27.2 Å². The van der Waals surface area contributed by atoms with Crippen LogP contribution in [0.15, 0.2) is 90.3 Å². The van der Waals surface area contributed by atoms with E-state index in [2.05, 4.69) is 13.8 Å². The lowest BCUT2D eigenvalue weighted by atomic mass is 9.75. The standard InChI is InChI=1S/C48H55F3O6Si/c1-44(2,3)55-58(56-45(4,5)6,57-46(7,8)9)53-27-26-52-35-20-14-31(15-21-35)48(30-12-16-32(49)17-13-30)25-24-38-42-41(36-22-18-33(50)28-39(36)43(38)54-48)37-23-19-34(51)29-40(37)47(42,10)11/h12,14-16,18-25,28-29H,13,17,26-27H2,1-11H3. The van der Waals surface area contributed by atoms with Crippen LogP contribution in [-0.2, 0) is 28.7 Å². The summed E-state index contributed by atoms with van der Waals surface area (Å²) in [5.74, 6) is 0.198. The van der Waals surface area contributed by atoms with Crippen molar-refractivity contribution >= 4 is 25.9 Å². The molecule has 1 aliphatic heterocycles. The number of halogens is 3. The van der Waals surface area contributed by atoms with E-state index in [1.807, 2.05) is 105 Å². The van der Waals surface area contributed by atoms with Crippen LogP contribution in [0.4, 0.5) is 13.2 Å². The van der Waals surface area contributed by atoms with Crippen molar-refractivity contribution < 1.29 is 40.3 Å². The van der Waals surface area contributed by atoms with E-state index in [9.17, 15) is 8.78 Å². The summed E-state index contributed by atoms with van der Waals surface area (Å²) in [6.07, 6.45) is 7.96. The Morgan fingerprint density at radius 1 is 0.707 bits per heavy atom. The number of hydrogen-bond donors (Lipinski definition) is 0. The first-order valence-electron chi connectivity index (χ1n) is 20.0. The van der Waals surface area contributed by atoms with E-state index in [0.29, 0.717) is 23.3 Å². The maximum atomic E-state index is 15.2. The summed E-state index contributed by atoms with van der Waals surface area (Å²) in [6.45, 7) is 22.0. The fourth-order valence-corrected chi connectivity index (χ4v) is 11.2. The molecule has 2 aliphatic carbocycles. The highest BCUT2D eigenvalue weighted by atomic mass is 28.4. The average molecular weight is 813 g/mol. The summed E-state index contributed by atoms with van der Waals surface area (Å²) >= 11 is 0. The molecule has 0 saturated heterocycles. The van der Waals surface area contributed by atoms with Crippen LogP contribution in [0.2, 0.25) is 0 Å². The summed E-state index contributed by atoms with van der Waals surface area (Å²) in [5.41, 5.74) is 2.65. The number of rotatable bonds is 10. The Balaban J connectivity index is 1.23. The Labute approximate surface area is 342 Å². The van der Waals surface area contributed by atoms with E-state index in [-0.39, 0.29) is 31.3 Å². The number of fused-ring (bicyclic) bond motifs is 8. The molecule has 0 N–H and O–H groups in total. The molecule has 1 unspecified atom stereocenters. The zero-order valence-corrected chi connectivity index (χ0v) is 36.5. The maximum Gasteiger partial charge on any atom is 0.681 e. The molecular formula is C48H55F3O6Si. The Hall–Kier alpha value is -4.19. The number of allylic oxidation sites excluding steroid dienone is 3. The summed E-state index contributed by atoms with van der Waals surface area (Å²) in [5, 5.41) is 1.42. The molecule has 7 rings (SSSR count). The van der Waals surface area contributed by atoms with E-state index < -0.39 is 42.7 Å². The molecule has 0 aromatic heterocycles. The predicted octanol–water partition coefficient (Wildman–Crippen LogP) is 12.6. The van der Waals surface area contributed by atoms with Crippen molar-refractivity contribution in [2.24, 2.45) is 0 Å². The van der Waals surface area contributed by atoms with Crippen molar-refractivity contribution in [2.75, 3.05) is 13.2 Å². The number of ether oxygens (including phenoxy) is 2. The molecule has 308 valence electrons. The van der Waals surface area contributed by atoms with Crippen molar-refractivity contribution in [1.29, 1.82) is 0 Å². The Kier molecular flexibility index (Phi) is 10.7. The minimum Gasteiger partial charge on any atom is -0.491 e. The molecule has 4 aromatic carbocycles. The van der Waals surface area contributed by atoms with Crippen LogP contribution in [0, 0.1) is 11.6 Å².